The van der Waals surface area contributed by atoms with E-state index in [2.05, 4.69) is 16.0 Å². The second-order valence-electron chi connectivity index (χ2n) is 9.39. The molecular weight excluding hydrogens is 549 g/mol. The molecule has 1 unspecified atom stereocenters. The lowest BCUT2D eigenvalue weighted by molar-refractivity contribution is -0.137. The van der Waals surface area contributed by atoms with Crippen molar-refractivity contribution in [2.75, 3.05) is 10.6 Å². The fourth-order valence-electron chi connectivity index (χ4n) is 4.77. The van der Waals surface area contributed by atoms with Crippen molar-refractivity contribution < 1.29 is 41.1 Å². The lowest BCUT2D eigenvalue weighted by Crippen LogP contribution is -2.39. The molecule has 3 N–H and O–H groups in total. The third kappa shape index (κ3) is 4.15. The van der Waals surface area contributed by atoms with Crippen molar-refractivity contribution in [3.63, 3.8) is 0 Å². The summed E-state index contributed by atoms with van der Waals surface area (Å²) in [6.45, 7) is 0. The molecular formula is C26H15ClF5N3O4. The number of hydrogen-bond acceptors (Lipinski definition) is 4. The molecule has 1 spiro atoms. The second kappa shape index (κ2) is 8.40. The lowest BCUT2D eigenvalue weighted by atomic mass is 9.94. The van der Waals surface area contributed by atoms with E-state index in [-0.39, 0.29) is 44.9 Å². The van der Waals surface area contributed by atoms with E-state index in [9.17, 15) is 36.3 Å². The van der Waals surface area contributed by atoms with Crippen molar-refractivity contribution in [2.45, 2.75) is 30.7 Å². The van der Waals surface area contributed by atoms with Crippen molar-refractivity contribution >= 4 is 40.7 Å². The maximum Gasteiger partial charge on any atom is 0.416 e. The Balaban J connectivity index is 1.50. The highest BCUT2D eigenvalue weighted by Gasteiger charge is 2.56. The summed E-state index contributed by atoms with van der Waals surface area (Å²) in [5, 5.41) is 7.81. The number of alkyl halides is 3. The number of ether oxygens (including phenoxy) is 1. The number of amides is 3. The molecule has 13 heteroatoms. The minimum atomic E-state index is -4.91. The minimum Gasteiger partial charge on any atom is -0.475 e. The minimum absolute atomic E-state index is 0.0168. The molecule has 1 aliphatic carbocycles. The van der Waals surface area contributed by atoms with Crippen LogP contribution in [0.25, 0.3) is 0 Å². The first-order valence-electron chi connectivity index (χ1n) is 11.5. The number of carbonyl (C=O) groups excluding carboxylic acids is 3. The summed E-state index contributed by atoms with van der Waals surface area (Å²) in [6.07, 6.45) is -4.09. The first-order valence-corrected chi connectivity index (χ1v) is 11.9. The molecule has 6 rings (SSSR count). The van der Waals surface area contributed by atoms with Crippen LogP contribution in [-0.2, 0) is 11.0 Å². The zero-order chi connectivity index (χ0) is 27.9. The van der Waals surface area contributed by atoms with E-state index in [0.29, 0.717) is 25.0 Å². The zero-order valence-electron chi connectivity index (χ0n) is 19.4. The van der Waals surface area contributed by atoms with Crippen molar-refractivity contribution in [1.29, 1.82) is 0 Å². The van der Waals surface area contributed by atoms with Gasteiger partial charge in [-0.2, -0.15) is 13.2 Å². The Labute approximate surface area is 221 Å². The second-order valence-corrected chi connectivity index (χ2v) is 9.80. The van der Waals surface area contributed by atoms with E-state index < -0.39 is 58.3 Å². The highest BCUT2D eigenvalue weighted by molar-refractivity contribution is 6.31. The fraction of sp³-hybridized carbons (Fsp3) is 0.192. The molecule has 0 saturated heterocycles. The van der Waals surface area contributed by atoms with Gasteiger partial charge in [-0.1, -0.05) is 11.6 Å². The van der Waals surface area contributed by atoms with E-state index in [1.54, 1.807) is 0 Å². The highest BCUT2D eigenvalue weighted by Crippen LogP contribution is 2.52. The van der Waals surface area contributed by atoms with Crippen LogP contribution in [0.4, 0.5) is 33.3 Å². The van der Waals surface area contributed by atoms with Gasteiger partial charge >= 0.3 is 6.18 Å². The molecule has 3 aromatic rings. The largest absolute Gasteiger partial charge is 0.475 e. The van der Waals surface area contributed by atoms with Crippen LogP contribution < -0.4 is 20.7 Å². The summed E-state index contributed by atoms with van der Waals surface area (Å²) in [7, 11) is 0. The number of rotatable bonds is 3. The third-order valence-corrected chi connectivity index (χ3v) is 7.13. The van der Waals surface area contributed by atoms with Gasteiger partial charge in [0.1, 0.15) is 17.4 Å². The molecule has 39 heavy (non-hydrogen) atoms. The van der Waals surface area contributed by atoms with Gasteiger partial charge in [-0.25, -0.2) is 8.78 Å². The quantitative estimate of drug-likeness (QED) is 0.362. The molecule has 0 bridgehead atoms. The van der Waals surface area contributed by atoms with Crippen LogP contribution in [-0.4, -0.2) is 23.3 Å². The number of halogens is 6. The summed E-state index contributed by atoms with van der Waals surface area (Å²) in [6, 6.07) is 4.98. The Kier molecular flexibility index (Phi) is 5.41. The molecule has 7 nitrogen and oxygen atoms in total. The van der Waals surface area contributed by atoms with E-state index >= 15 is 0 Å². The first kappa shape index (κ1) is 25.1. The van der Waals surface area contributed by atoms with Gasteiger partial charge in [-0.15, -0.1) is 0 Å². The number of nitrogens with one attached hydrogen (secondary N) is 3. The maximum atomic E-state index is 14.1. The molecule has 0 radical (unpaired) electrons. The number of anilines is 2. The van der Waals surface area contributed by atoms with Gasteiger partial charge in [0.2, 0.25) is 0 Å². The molecule has 1 fully saturated rings. The summed E-state index contributed by atoms with van der Waals surface area (Å²) >= 11 is 6.29. The Morgan fingerprint density at radius 2 is 1.79 bits per heavy atom. The molecule has 200 valence electrons. The van der Waals surface area contributed by atoms with Crippen LogP contribution in [0.2, 0.25) is 5.02 Å². The van der Waals surface area contributed by atoms with Crippen molar-refractivity contribution in [3.05, 3.63) is 86.9 Å². The van der Waals surface area contributed by atoms with Crippen LogP contribution >= 0.6 is 11.6 Å². The van der Waals surface area contributed by atoms with Gasteiger partial charge in [0.25, 0.3) is 17.7 Å². The zero-order valence-corrected chi connectivity index (χ0v) is 20.2. The van der Waals surface area contributed by atoms with Gasteiger partial charge in [0.15, 0.2) is 5.60 Å². The normalized spacial score (nSPS) is 18.6. The van der Waals surface area contributed by atoms with Gasteiger partial charge in [0.05, 0.1) is 28.5 Å². The smallest absolute Gasteiger partial charge is 0.416 e. The van der Waals surface area contributed by atoms with E-state index in [0.717, 1.165) is 12.1 Å². The summed E-state index contributed by atoms with van der Waals surface area (Å²) in [4.78, 5) is 38.9. The van der Waals surface area contributed by atoms with Crippen molar-refractivity contribution in [3.8, 4) is 5.75 Å². The van der Waals surface area contributed by atoms with Gasteiger partial charge in [-0.05, 0) is 36.4 Å². The topological polar surface area (TPSA) is 96.5 Å². The average molecular weight is 564 g/mol. The molecule has 0 aromatic heterocycles. The first-order chi connectivity index (χ1) is 18.4. The Morgan fingerprint density at radius 3 is 2.49 bits per heavy atom. The van der Waals surface area contributed by atoms with E-state index in [1.807, 2.05) is 0 Å². The molecule has 3 amide bonds. The predicted molar refractivity (Wildman–Crippen MR) is 128 cm³/mol. The van der Waals surface area contributed by atoms with Crippen LogP contribution in [0.1, 0.15) is 56.3 Å². The van der Waals surface area contributed by atoms with E-state index in [4.69, 9.17) is 16.3 Å². The van der Waals surface area contributed by atoms with E-state index in [1.165, 1.54) is 12.1 Å². The van der Waals surface area contributed by atoms with Crippen molar-refractivity contribution in [1.82, 2.24) is 5.32 Å². The fourth-order valence-corrected chi connectivity index (χ4v) is 4.99. The number of benzene rings is 3. The molecule has 3 aliphatic rings. The standard InChI is InChI=1S/C26H15ClF5N3O4/c27-15-2-1-12(28)8-14(15)20-18-16(33-22(36)10-5-11(26(30,31)32)7-13(29)6-10)9-17-21(19(18)23(37)34-20)35-24(38)25(39-17)3-4-25/h1-2,5-9,20H,3-4H2,(H,33,36)(H,34,37)(H,35,38). The van der Waals surface area contributed by atoms with Crippen LogP contribution in [0.5, 0.6) is 5.75 Å². The summed E-state index contributed by atoms with van der Waals surface area (Å²) in [5.41, 5.74) is -3.15. The lowest BCUT2D eigenvalue weighted by Gasteiger charge is -2.28. The highest BCUT2D eigenvalue weighted by atomic mass is 35.5. The van der Waals surface area contributed by atoms with Crippen LogP contribution in [0.3, 0.4) is 0 Å². The Morgan fingerprint density at radius 1 is 1.05 bits per heavy atom. The number of hydrogen-bond donors (Lipinski definition) is 3. The summed E-state index contributed by atoms with van der Waals surface area (Å²) in [5.74, 6) is -4.21. The van der Waals surface area contributed by atoms with Gasteiger partial charge in [0, 0.05) is 40.6 Å². The maximum absolute atomic E-state index is 14.1. The monoisotopic (exact) mass is 563 g/mol. The number of carbonyl (C=O) groups is 3. The SMILES string of the molecule is O=C(Nc1cc2c(c3c1C(c1cc(F)ccc1Cl)NC3=O)NC(=O)C1(CC1)O2)c1cc(F)cc(C(F)(F)F)c1. The van der Waals surface area contributed by atoms with Gasteiger partial charge in [-0.3, -0.25) is 14.4 Å². The molecule has 2 aliphatic heterocycles. The molecule has 3 aromatic carbocycles. The van der Waals surface area contributed by atoms with Crippen LogP contribution in [0.15, 0.2) is 42.5 Å². The van der Waals surface area contributed by atoms with Gasteiger partial charge < -0.3 is 20.7 Å². The Bertz CT molecular complexity index is 1620. The average Bonchev–Trinajstić information content (AvgIpc) is 3.55. The predicted octanol–water partition coefficient (Wildman–Crippen LogP) is 5.59. The molecule has 2 heterocycles. The summed E-state index contributed by atoms with van der Waals surface area (Å²) < 4.78 is 73.7. The van der Waals surface area contributed by atoms with Crippen LogP contribution in [0, 0.1) is 11.6 Å². The molecule has 1 atom stereocenters. The van der Waals surface area contributed by atoms with Crippen molar-refractivity contribution in [2.24, 2.45) is 0 Å². The number of fused-ring (bicyclic) bond motifs is 3. The molecule has 1 saturated carbocycles. The third-order valence-electron chi connectivity index (χ3n) is 6.79. The Hall–Kier alpha value is -4.19.